The summed E-state index contributed by atoms with van der Waals surface area (Å²) in [7, 11) is 0. The van der Waals surface area contributed by atoms with E-state index in [1.54, 1.807) is 6.20 Å². The Balaban J connectivity index is 1.23. The lowest BCUT2D eigenvalue weighted by atomic mass is 9.80. The first-order valence-corrected chi connectivity index (χ1v) is 11.8. The molecule has 29 heavy (non-hydrogen) atoms. The number of carbonyl (C=O) groups is 1. The molecule has 2 saturated heterocycles. The van der Waals surface area contributed by atoms with Crippen LogP contribution in [0, 0.1) is 17.2 Å². The number of aromatic nitrogens is 1. The summed E-state index contributed by atoms with van der Waals surface area (Å²) in [6.07, 6.45) is 6.02. The summed E-state index contributed by atoms with van der Waals surface area (Å²) in [6.45, 7) is 4.85. The van der Waals surface area contributed by atoms with Crippen molar-refractivity contribution in [1.82, 2.24) is 14.8 Å². The molecule has 1 atom stereocenters. The lowest BCUT2D eigenvalue weighted by molar-refractivity contribution is -0.132. The Morgan fingerprint density at radius 2 is 1.93 bits per heavy atom. The molecule has 3 aliphatic rings. The van der Waals surface area contributed by atoms with Gasteiger partial charge in [0.2, 0.25) is 5.91 Å². The van der Waals surface area contributed by atoms with Crippen LogP contribution in [0.3, 0.4) is 0 Å². The van der Waals surface area contributed by atoms with Crippen molar-refractivity contribution in [3.63, 3.8) is 0 Å². The summed E-state index contributed by atoms with van der Waals surface area (Å²) in [5.74, 6) is 3.28. The van der Waals surface area contributed by atoms with Crippen LogP contribution >= 0.6 is 11.8 Å². The van der Waals surface area contributed by atoms with E-state index < -0.39 is 0 Å². The predicted molar refractivity (Wildman–Crippen MR) is 115 cm³/mol. The van der Waals surface area contributed by atoms with Gasteiger partial charge in [-0.2, -0.15) is 5.26 Å². The van der Waals surface area contributed by atoms with Crippen LogP contribution in [-0.4, -0.2) is 77.1 Å². The lowest BCUT2D eigenvalue weighted by Crippen LogP contribution is -2.53. The Morgan fingerprint density at radius 1 is 1.17 bits per heavy atom. The van der Waals surface area contributed by atoms with E-state index in [4.69, 9.17) is 11.0 Å². The number of hydrogen-bond acceptors (Lipinski definition) is 7. The summed E-state index contributed by atoms with van der Waals surface area (Å²) >= 11 is 1.81. The number of anilines is 1. The third-order valence-corrected chi connectivity index (χ3v) is 7.60. The normalized spacial score (nSPS) is 26.9. The molecule has 1 aromatic heterocycles. The molecule has 1 saturated carbocycles. The Hall–Kier alpha value is -1.82. The van der Waals surface area contributed by atoms with E-state index in [1.165, 1.54) is 0 Å². The maximum absolute atomic E-state index is 12.6. The van der Waals surface area contributed by atoms with Gasteiger partial charge in [0.15, 0.2) is 0 Å². The van der Waals surface area contributed by atoms with E-state index in [-0.39, 0.29) is 11.9 Å². The predicted octanol–water partition coefficient (Wildman–Crippen LogP) is 1.49. The van der Waals surface area contributed by atoms with Crippen LogP contribution in [0.15, 0.2) is 18.3 Å². The second kappa shape index (κ2) is 9.33. The Labute approximate surface area is 177 Å². The monoisotopic (exact) mass is 414 g/mol. The van der Waals surface area contributed by atoms with Gasteiger partial charge in [-0.1, -0.05) is 0 Å². The van der Waals surface area contributed by atoms with Crippen LogP contribution in [0.5, 0.6) is 0 Å². The van der Waals surface area contributed by atoms with Gasteiger partial charge in [-0.25, -0.2) is 4.98 Å². The second-order valence-corrected chi connectivity index (χ2v) is 9.35. The Kier molecular flexibility index (Phi) is 6.58. The molecule has 1 unspecified atom stereocenters. The van der Waals surface area contributed by atoms with Crippen molar-refractivity contribution in [3.05, 3.63) is 23.9 Å². The SMILES string of the molecule is N#Cc1ccc(N2CCN(C3CCC(C(N)C(=O)N4CCSC4)CC3)CC2)nc1. The average molecular weight is 415 g/mol. The third kappa shape index (κ3) is 4.68. The molecule has 1 amide bonds. The van der Waals surface area contributed by atoms with Gasteiger partial charge in [-0.3, -0.25) is 9.69 Å². The largest absolute Gasteiger partial charge is 0.354 e. The molecule has 156 valence electrons. The van der Waals surface area contributed by atoms with E-state index >= 15 is 0 Å². The number of nitriles is 1. The number of amides is 1. The zero-order valence-electron chi connectivity index (χ0n) is 16.9. The molecule has 3 fully saturated rings. The molecule has 0 bridgehead atoms. The lowest BCUT2D eigenvalue weighted by Gasteiger charge is -2.43. The molecule has 7 nitrogen and oxygen atoms in total. The van der Waals surface area contributed by atoms with Crippen molar-refractivity contribution >= 4 is 23.5 Å². The maximum Gasteiger partial charge on any atom is 0.240 e. The summed E-state index contributed by atoms with van der Waals surface area (Å²) < 4.78 is 0. The van der Waals surface area contributed by atoms with Crippen molar-refractivity contribution in [1.29, 1.82) is 5.26 Å². The van der Waals surface area contributed by atoms with Crippen molar-refractivity contribution in [2.45, 2.75) is 37.8 Å². The topological polar surface area (TPSA) is 89.5 Å². The average Bonchev–Trinajstić information content (AvgIpc) is 3.33. The summed E-state index contributed by atoms with van der Waals surface area (Å²) in [6, 6.07) is 6.17. The number of carbonyl (C=O) groups excluding carboxylic acids is 1. The fraction of sp³-hybridized carbons (Fsp3) is 0.667. The van der Waals surface area contributed by atoms with Crippen molar-refractivity contribution in [2.24, 2.45) is 11.7 Å². The van der Waals surface area contributed by atoms with E-state index in [2.05, 4.69) is 20.9 Å². The highest BCUT2D eigenvalue weighted by molar-refractivity contribution is 7.99. The van der Waals surface area contributed by atoms with Crippen LogP contribution in [-0.2, 0) is 4.79 Å². The van der Waals surface area contributed by atoms with Gasteiger partial charge in [-0.15, -0.1) is 11.8 Å². The number of thioether (sulfide) groups is 1. The number of nitrogens with zero attached hydrogens (tertiary/aromatic N) is 5. The van der Waals surface area contributed by atoms with E-state index in [0.717, 1.165) is 75.9 Å². The fourth-order valence-electron chi connectivity index (χ4n) is 4.78. The minimum atomic E-state index is -0.325. The molecular formula is C21H30N6OS. The molecular weight excluding hydrogens is 384 g/mol. The number of nitrogens with two attached hydrogens (primary N) is 1. The van der Waals surface area contributed by atoms with Gasteiger partial charge < -0.3 is 15.5 Å². The van der Waals surface area contributed by atoms with Gasteiger partial charge >= 0.3 is 0 Å². The van der Waals surface area contributed by atoms with E-state index in [1.807, 2.05) is 28.8 Å². The first kappa shape index (κ1) is 20.5. The highest BCUT2D eigenvalue weighted by Gasteiger charge is 2.35. The highest BCUT2D eigenvalue weighted by atomic mass is 32.2. The second-order valence-electron chi connectivity index (χ2n) is 8.27. The molecule has 3 heterocycles. The van der Waals surface area contributed by atoms with Crippen LogP contribution in [0.4, 0.5) is 5.82 Å². The Morgan fingerprint density at radius 3 is 2.52 bits per heavy atom. The zero-order chi connectivity index (χ0) is 20.2. The first-order valence-electron chi connectivity index (χ1n) is 10.6. The highest BCUT2D eigenvalue weighted by Crippen LogP contribution is 2.31. The fourth-order valence-corrected chi connectivity index (χ4v) is 5.74. The minimum Gasteiger partial charge on any atom is -0.354 e. The summed E-state index contributed by atoms with van der Waals surface area (Å²) in [4.78, 5) is 23.8. The molecule has 0 aromatic carbocycles. The van der Waals surface area contributed by atoms with Gasteiger partial charge in [0.25, 0.3) is 0 Å². The molecule has 2 aliphatic heterocycles. The maximum atomic E-state index is 12.6. The number of hydrogen-bond donors (Lipinski definition) is 1. The minimum absolute atomic E-state index is 0.155. The molecule has 8 heteroatoms. The third-order valence-electron chi connectivity index (χ3n) is 6.63. The van der Waals surface area contributed by atoms with E-state index in [9.17, 15) is 4.79 Å². The number of rotatable bonds is 4. The van der Waals surface area contributed by atoms with Gasteiger partial charge in [0.05, 0.1) is 17.5 Å². The quantitative estimate of drug-likeness (QED) is 0.798. The van der Waals surface area contributed by atoms with Crippen LogP contribution in [0.2, 0.25) is 0 Å². The molecule has 1 aliphatic carbocycles. The molecule has 0 spiro atoms. The first-order chi connectivity index (χ1) is 14.2. The van der Waals surface area contributed by atoms with Gasteiger partial charge in [-0.05, 0) is 43.7 Å². The molecule has 0 radical (unpaired) electrons. The number of piperazine rings is 1. The number of pyridine rings is 1. The zero-order valence-corrected chi connectivity index (χ0v) is 17.7. The Bertz CT molecular complexity index is 729. The smallest absolute Gasteiger partial charge is 0.240 e. The van der Waals surface area contributed by atoms with Crippen molar-refractivity contribution in [2.75, 3.05) is 49.3 Å². The van der Waals surface area contributed by atoms with E-state index in [0.29, 0.717) is 17.5 Å². The molecule has 4 rings (SSSR count). The molecule has 1 aromatic rings. The van der Waals surface area contributed by atoms with Crippen LogP contribution in [0.1, 0.15) is 31.2 Å². The van der Waals surface area contributed by atoms with Crippen molar-refractivity contribution < 1.29 is 4.79 Å². The standard InChI is InChI=1S/C21H30N6OS/c22-13-16-1-6-19(24-14-16)26-9-7-25(8-10-26)18-4-2-17(3-5-18)20(23)21(28)27-11-12-29-15-27/h1,6,14,17-18,20H,2-5,7-12,15,23H2. The van der Waals surface area contributed by atoms with Crippen LogP contribution < -0.4 is 10.6 Å². The summed E-state index contributed by atoms with van der Waals surface area (Å²) in [5.41, 5.74) is 6.95. The van der Waals surface area contributed by atoms with Gasteiger partial charge in [0.1, 0.15) is 11.9 Å². The molecule has 2 N–H and O–H groups in total. The van der Waals surface area contributed by atoms with Crippen molar-refractivity contribution in [3.8, 4) is 6.07 Å². The van der Waals surface area contributed by atoms with Crippen LogP contribution in [0.25, 0.3) is 0 Å². The summed E-state index contributed by atoms with van der Waals surface area (Å²) in [5, 5.41) is 8.92. The van der Waals surface area contributed by atoms with Gasteiger partial charge in [0, 0.05) is 50.7 Å².